The number of carbonyl (C=O) groups excluding carboxylic acids is 2. The normalized spacial score (nSPS) is 11.6. The number of rotatable bonds is 4. The van der Waals surface area contributed by atoms with Gasteiger partial charge in [-0.15, -0.1) is 0 Å². The SMILES string of the molecule is C[C@@H](OC(=O)c1cc(Br)ccc1N)C(=O)Nc1ccc(Cl)cc1. The van der Waals surface area contributed by atoms with Crippen molar-refractivity contribution in [1.29, 1.82) is 0 Å². The number of nitrogen functional groups attached to an aromatic ring is 1. The fraction of sp³-hybridized carbons (Fsp3) is 0.125. The highest BCUT2D eigenvalue weighted by Gasteiger charge is 2.20. The van der Waals surface area contributed by atoms with Gasteiger partial charge in [0, 0.05) is 20.9 Å². The first-order valence-electron chi connectivity index (χ1n) is 6.69. The van der Waals surface area contributed by atoms with E-state index in [1.807, 2.05) is 0 Å². The first-order valence-corrected chi connectivity index (χ1v) is 7.86. The van der Waals surface area contributed by atoms with E-state index in [2.05, 4.69) is 21.2 Å². The molecule has 0 saturated heterocycles. The summed E-state index contributed by atoms with van der Waals surface area (Å²) in [5, 5.41) is 3.20. The predicted octanol–water partition coefficient (Wildman–Crippen LogP) is 3.87. The zero-order chi connectivity index (χ0) is 17.0. The third kappa shape index (κ3) is 4.71. The van der Waals surface area contributed by atoms with Crippen molar-refractivity contribution >= 4 is 50.8 Å². The average Bonchev–Trinajstić information content (AvgIpc) is 2.51. The number of benzene rings is 2. The smallest absolute Gasteiger partial charge is 0.341 e. The van der Waals surface area contributed by atoms with Gasteiger partial charge in [-0.3, -0.25) is 4.79 Å². The highest BCUT2D eigenvalue weighted by atomic mass is 79.9. The van der Waals surface area contributed by atoms with Gasteiger partial charge in [0.25, 0.3) is 5.91 Å². The molecule has 7 heteroatoms. The molecule has 2 rings (SSSR count). The van der Waals surface area contributed by atoms with E-state index in [1.54, 1.807) is 42.5 Å². The number of halogens is 2. The van der Waals surface area contributed by atoms with Crippen LogP contribution in [0.3, 0.4) is 0 Å². The number of hydrogen-bond acceptors (Lipinski definition) is 4. The largest absolute Gasteiger partial charge is 0.449 e. The van der Waals surface area contributed by atoms with Crippen molar-refractivity contribution in [3.05, 3.63) is 57.5 Å². The van der Waals surface area contributed by atoms with Gasteiger partial charge in [0.2, 0.25) is 0 Å². The van der Waals surface area contributed by atoms with Gasteiger partial charge in [-0.2, -0.15) is 0 Å². The molecule has 1 atom stereocenters. The van der Waals surface area contributed by atoms with E-state index in [0.29, 0.717) is 15.2 Å². The predicted molar refractivity (Wildman–Crippen MR) is 93.5 cm³/mol. The van der Waals surface area contributed by atoms with Gasteiger partial charge in [-0.25, -0.2) is 4.79 Å². The van der Waals surface area contributed by atoms with Crippen LogP contribution in [0.25, 0.3) is 0 Å². The average molecular weight is 398 g/mol. The molecular formula is C16H14BrClN2O3. The molecule has 5 nitrogen and oxygen atoms in total. The highest BCUT2D eigenvalue weighted by Crippen LogP contribution is 2.20. The molecule has 0 aromatic heterocycles. The minimum Gasteiger partial charge on any atom is -0.449 e. The molecule has 0 aliphatic carbocycles. The molecule has 120 valence electrons. The molecule has 0 aliphatic rings. The molecule has 0 heterocycles. The lowest BCUT2D eigenvalue weighted by atomic mass is 10.2. The maximum absolute atomic E-state index is 12.1. The van der Waals surface area contributed by atoms with Gasteiger partial charge >= 0.3 is 5.97 Å². The fourth-order valence-corrected chi connectivity index (χ4v) is 2.25. The van der Waals surface area contributed by atoms with Crippen LogP contribution >= 0.6 is 27.5 Å². The lowest BCUT2D eigenvalue weighted by Gasteiger charge is -2.14. The second-order valence-corrected chi connectivity index (χ2v) is 6.13. The van der Waals surface area contributed by atoms with E-state index in [0.717, 1.165) is 0 Å². The second kappa shape index (κ2) is 7.48. The number of amides is 1. The van der Waals surface area contributed by atoms with Gasteiger partial charge in [0.05, 0.1) is 5.56 Å². The van der Waals surface area contributed by atoms with Crippen molar-refractivity contribution in [2.45, 2.75) is 13.0 Å². The molecule has 23 heavy (non-hydrogen) atoms. The van der Waals surface area contributed by atoms with Gasteiger partial charge in [-0.05, 0) is 49.4 Å². The van der Waals surface area contributed by atoms with E-state index in [4.69, 9.17) is 22.1 Å². The number of nitrogens with two attached hydrogens (primary N) is 1. The summed E-state index contributed by atoms with van der Waals surface area (Å²) in [5.41, 5.74) is 6.79. The van der Waals surface area contributed by atoms with Crippen LogP contribution in [0, 0.1) is 0 Å². The van der Waals surface area contributed by atoms with E-state index < -0.39 is 18.0 Å². The summed E-state index contributed by atoms with van der Waals surface area (Å²) >= 11 is 9.03. The Labute approximate surface area is 146 Å². The maximum atomic E-state index is 12.1. The molecule has 2 aromatic rings. The van der Waals surface area contributed by atoms with Crippen molar-refractivity contribution in [2.75, 3.05) is 11.1 Å². The number of ether oxygens (including phenoxy) is 1. The molecule has 0 bridgehead atoms. The monoisotopic (exact) mass is 396 g/mol. The van der Waals surface area contributed by atoms with Crippen LogP contribution in [0.5, 0.6) is 0 Å². The second-order valence-electron chi connectivity index (χ2n) is 4.78. The van der Waals surface area contributed by atoms with Crippen molar-refractivity contribution in [1.82, 2.24) is 0 Å². The molecule has 0 radical (unpaired) electrons. The summed E-state index contributed by atoms with van der Waals surface area (Å²) in [6.45, 7) is 1.48. The lowest BCUT2D eigenvalue weighted by Crippen LogP contribution is -2.30. The number of esters is 1. The van der Waals surface area contributed by atoms with E-state index >= 15 is 0 Å². The summed E-state index contributed by atoms with van der Waals surface area (Å²) in [7, 11) is 0. The van der Waals surface area contributed by atoms with E-state index in [1.165, 1.54) is 6.92 Å². The van der Waals surface area contributed by atoms with E-state index in [-0.39, 0.29) is 11.3 Å². The zero-order valence-corrected chi connectivity index (χ0v) is 14.5. The molecule has 0 fully saturated rings. The Morgan fingerprint density at radius 1 is 1.22 bits per heavy atom. The molecule has 0 spiro atoms. The first kappa shape index (κ1) is 17.3. The third-order valence-corrected chi connectivity index (χ3v) is 3.75. The summed E-state index contributed by atoms with van der Waals surface area (Å²) in [4.78, 5) is 24.2. The molecular weight excluding hydrogens is 384 g/mol. The molecule has 3 N–H and O–H groups in total. The Bertz CT molecular complexity index is 735. The van der Waals surface area contributed by atoms with Gasteiger partial charge in [0.1, 0.15) is 0 Å². The Kier molecular flexibility index (Phi) is 5.63. The molecule has 0 saturated carbocycles. The van der Waals surface area contributed by atoms with Crippen molar-refractivity contribution in [3.63, 3.8) is 0 Å². The van der Waals surface area contributed by atoms with Crippen LogP contribution < -0.4 is 11.1 Å². The zero-order valence-electron chi connectivity index (χ0n) is 12.2. The van der Waals surface area contributed by atoms with Crippen LogP contribution in [-0.2, 0) is 9.53 Å². The van der Waals surface area contributed by atoms with Gasteiger partial charge in [-0.1, -0.05) is 27.5 Å². The van der Waals surface area contributed by atoms with Crippen molar-refractivity contribution in [3.8, 4) is 0 Å². The van der Waals surface area contributed by atoms with Gasteiger partial charge in [0.15, 0.2) is 6.10 Å². The molecule has 2 aromatic carbocycles. The third-order valence-electron chi connectivity index (χ3n) is 3.00. The lowest BCUT2D eigenvalue weighted by molar-refractivity contribution is -0.123. The minimum atomic E-state index is -0.975. The number of hydrogen-bond donors (Lipinski definition) is 2. The van der Waals surface area contributed by atoms with Crippen molar-refractivity contribution < 1.29 is 14.3 Å². The maximum Gasteiger partial charge on any atom is 0.341 e. The Morgan fingerprint density at radius 3 is 2.52 bits per heavy atom. The van der Waals surface area contributed by atoms with Crippen LogP contribution in [0.2, 0.25) is 5.02 Å². The van der Waals surface area contributed by atoms with Crippen molar-refractivity contribution in [2.24, 2.45) is 0 Å². The molecule has 1 amide bonds. The summed E-state index contributed by atoms with van der Waals surface area (Å²) in [6.07, 6.45) is -0.975. The quantitative estimate of drug-likeness (QED) is 0.606. The number of nitrogens with one attached hydrogen (secondary N) is 1. The number of anilines is 2. The number of carbonyl (C=O) groups is 2. The summed E-state index contributed by atoms with van der Waals surface area (Å²) in [6, 6.07) is 11.4. The summed E-state index contributed by atoms with van der Waals surface area (Å²) in [5.74, 6) is -1.11. The van der Waals surface area contributed by atoms with Gasteiger partial charge < -0.3 is 15.8 Å². The minimum absolute atomic E-state index is 0.200. The fourth-order valence-electron chi connectivity index (χ4n) is 1.76. The topological polar surface area (TPSA) is 81.4 Å². The van der Waals surface area contributed by atoms with Crippen LogP contribution in [0.1, 0.15) is 17.3 Å². The molecule has 0 unspecified atom stereocenters. The van der Waals surface area contributed by atoms with Crippen LogP contribution in [0.4, 0.5) is 11.4 Å². The first-order chi connectivity index (χ1) is 10.9. The Morgan fingerprint density at radius 2 is 1.87 bits per heavy atom. The van der Waals surface area contributed by atoms with Crippen LogP contribution in [0.15, 0.2) is 46.9 Å². The Hall–Kier alpha value is -2.05. The van der Waals surface area contributed by atoms with Crippen LogP contribution in [-0.4, -0.2) is 18.0 Å². The Balaban J connectivity index is 2.01. The summed E-state index contributed by atoms with van der Waals surface area (Å²) < 4.78 is 5.84. The van der Waals surface area contributed by atoms with E-state index in [9.17, 15) is 9.59 Å². The standard InChI is InChI=1S/C16H14BrClN2O3/c1-9(15(21)20-12-5-3-11(18)4-6-12)23-16(22)13-8-10(17)2-7-14(13)19/h2-9H,19H2,1H3,(H,20,21)/t9-/m1/s1. The highest BCUT2D eigenvalue weighted by molar-refractivity contribution is 9.10. The molecule has 0 aliphatic heterocycles.